The molecule has 0 bridgehead atoms. The van der Waals surface area contributed by atoms with Crippen molar-refractivity contribution >= 4 is 11.8 Å². The Morgan fingerprint density at radius 1 is 0.963 bits per heavy atom. The van der Waals surface area contributed by atoms with Gasteiger partial charge in [0.25, 0.3) is 0 Å². The van der Waals surface area contributed by atoms with Crippen LogP contribution in [0.4, 0.5) is 4.39 Å². The quantitative estimate of drug-likeness (QED) is 0.600. The van der Waals surface area contributed by atoms with Crippen LogP contribution in [-0.4, -0.2) is 37.7 Å². The first-order valence-corrected chi connectivity index (χ1v) is 10.2. The third-order valence-electron chi connectivity index (χ3n) is 4.67. The van der Waals surface area contributed by atoms with Gasteiger partial charge in [-0.05, 0) is 62.3 Å². The van der Waals surface area contributed by atoms with E-state index in [9.17, 15) is 4.39 Å². The predicted octanol–water partition coefficient (Wildman–Crippen LogP) is 4.08. The van der Waals surface area contributed by atoms with Crippen LogP contribution in [0.2, 0.25) is 0 Å². The molecule has 0 unspecified atom stereocenters. The molecule has 1 aliphatic rings. The van der Waals surface area contributed by atoms with Crippen molar-refractivity contribution in [1.29, 1.82) is 0 Å². The number of hydrogen-bond acceptors (Lipinski definition) is 5. The van der Waals surface area contributed by atoms with Crippen LogP contribution in [0.25, 0.3) is 5.69 Å². The van der Waals surface area contributed by atoms with Crippen molar-refractivity contribution in [1.82, 2.24) is 24.6 Å². The van der Waals surface area contributed by atoms with Crippen LogP contribution in [0.3, 0.4) is 0 Å². The molecule has 0 saturated carbocycles. The molecule has 7 heteroatoms. The molecule has 0 amide bonds. The molecule has 1 saturated heterocycles. The molecule has 0 spiro atoms. The molecular weight excluding hydrogens is 361 g/mol. The van der Waals surface area contributed by atoms with Gasteiger partial charge in [-0.2, -0.15) is 0 Å². The fourth-order valence-corrected chi connectivity index (χ4v) is 4.17. The van der Waals surface area contributed by atoms with Gasteiger partial charge >= 0.3 is 0 Å². The van der Waals surface area contributed by atoms with Crippen molar-refractivity contribution in [2.75, 3.05) is 13.1 Å². The lowest BCUT2D eigenvalue weighted by Gasteiger charge is -2.26. The third kappa shape index (κ3) is 4.54. The summed E-state index contributed by atoms with van der Waals surface area (Å²) in [7, 11) is 0. The number of hydrogen-bond donors (Lipinski definition) is 0. The van der Waals surface area contributed by atoms with E-state index >= 15 is 0 Å². The van der Waals surface area contributed by atoms with Gasteiger partial charge in [-0.3, -0.25) is 14.5 Å². The van der Waals surface area contributed by atoms with E-state index in [-0.39, 0.29) is 5.82 Å². The van der Waals surface area contributed by atoms with E-state index in [2.05, 4.69) is 20.1 Å². The van der Waals surface area contributed by atoms with Crippen molar-refractivity contribution in [2.45, 2.75) is 36.7 Å². The van der Waals surface area contributed by atoms with Gasteiger partial charge in [0.1, 0.15) is 5.82 Å². The maximum Gasteiger partial charge on any atom is 0.196 e. The number of likely N-dealkylation sites (tertiary alicyclic amines) is 1. The van der Waals surface area contributed by atoms with Gasteiger partial charge in [0.2, 0.25) is 0 Å². The summed E-state index contributed by atoms with van der Waals surface area (Å²) in [4.78, 5) is 6.79. The summed E-state index contributed by atoms with van der Waals surface area (Å²) in [5, 5.41) is 9.69. The van der Waals surface area contributed by atoms with Crippen molar-refractivity contribution in [3.8, 4) is 5.69 Å². The molecule has 140 valence electrons. The summed E-state index contributed by atoms with van der Waals surface area (Å²) in [6.45, 7) is 2.94. The Hall–Kier alpha value is -2.25. The lowest BCUT2D eigenvalue weighted by atomic mass is 10.1. The highest BCUT2D eigenvalue weighted by molar-refractivity contribution is 7.98. The van der Waals surface area contributed by atoms with Gasteiger partial charge in [-0.15, -0.1) is 10.2 Å². The van der Waals surface area contributed by atoms with Crippen LogP contribution in [-0.2, 0) is 12.3 Å². The van der Waals surface area contributed by atoms with Crippen LogP contribution in [0.1, 0.15) is 30.8 Å². The Kier molecular flexibility index (Phi) is 5.79. The average molecular weight is 383 g/mol. The van der Waals surface area contributed by atoms with Gasteiger partial charge in [-0.25, -0.2) is 4.39 Å². The van der Waals surface area contributed by atoms with Crippen LogP contribution >= 0.6 is 11.8 Å². The second-order valence-corrected chi connectivity index (χ2v) is 7.60. The maximum absolute atomic E-state index is 13.4. The van der Waals surface area contributed by atoms with Gasteiger partial charge in [0, 0.05) is 17.6 Å². The second kappa shape index (κ2) is 8.63. The minimum absolute atomic E-state index is 0.243. The first-order valence-electron chi connectivity index (χ1n) is 9.25. The van der Waals surface area contributed by atoms with Crippen molar-refractivity contribution in [3.05, 3.63) is 66.0 Å². The number of aromatic nitrogens is 4. The van der Waals surface area contributed by atoms with Crippen molar-refractivity contribution in [3.63, 3.8) is 0 Å². The zero-order valence-electron chi connectivity index (χ0n) is 15.1. The maximum atomic E-state index is 13.4. The summed E-state index contributed by atoms with van der Waals surface area (Å²) >= 11 is 1.60. The number of pyridine rings is 1. The smallest absolute Gasteiger partial charge is 0.196 e. The Balaban J connectivity index is 1.60. The number of rotatable bonds is 6. The third-order valence-corrected chi connectivity index (χ3v) is 5.64. The molecule has 1 aromatic carbocycles. The van der Waals surface area contributed by atoms with E-state index in [4.69, 9.17) is 0 Å². The SMILES string of the molecule is Fc1ccc(-n2c(CN3CCCCC3)nnc2SCc2ccccn2)cc1. The van der Waals surface area contributed by atoms with Gasteiger partial charge in [0.05, 0.1) is 12.2 Å². The molecule has 1 fully saturated rings. The molecule has 3 aromatic rings. The predicted molar refractivity (Wildman–Crippen MR) is 104 cm³/mol. The van der Waals surface area contributed by atoms with E-state index < -0.39 is 0 Å². The number of halogens is 1. The molecular formula is C20H22FN5S. The highest BCUT2D eigenvalue weighted by atomic mass is 32.2. The van der Waals surface area contributed by atoms with Crippen LogP contribution in [0.15, 0.2) is 53.8 Å². The monoisotopic (exact) mass is 383 g/mol. The number of piperidine rings is 1. The topological polar surface area (TPSA) is 46.8 Å². The molecule has 4 rings (SSSR count). The molecule has 1 aliphatic heterocycles. The number of thioether (sulfide) groups is 1. The van der Waals surface area contributed by atoms with E-state index in [0.29, 0.717) is 5.75 Å². The van der Waals surface area contributed by atoms with Crippen LogP contribution in [0.5, 0.6) is 0 Å². The van der Waals surface area contributed by atoms with Crippen LogP contribution in [0, 0.1) is 5.82 Å². The first-order chi connectivity index (χ1) is 13.3. The minimum atomic E-state index is -0.243. The highest BCUT2D eigenvalue weighted by Crippen LogP contribution is 2.26. The largest absolute Gasteiger partial charge is 0.296 e. The van der Waals surface area contributed by atoms with E-state index in [1.54, 1.807) is 30.1 Å². The summed E-state index contributed by atoms with van der Waals surface area (Å²) in [5.41, 5.74) is 1.88. The number of nitrogens with zero attached hydrogens (tertiary/aromatic N) is 5. The van der Waals surface area contributed by atoms with Gasteiger partial charge < -0.3 is 0 Å². The van der Waals surface area contributed by atoms with E-state index in [1.807, 2.05) is 22.8 Å². The van der Waals surface area contributed by atoms with Gasteiger partial charge in [-0.1, -0.05) is 24.2 Å². The van der Waals surface area contributed by atoms with Crippen molar-refractivity contribution in [2.24, 2.45) is 0 Å². The zero-order valence-corrected chi connectivity index (χ0v) is 15.9. The fourth-order valence-electron chi connectivity index (χ4n) is 3.29. The Morgan fingerprint density at radius 2 is 1.78 bits per heavy atom. The standard InChI is InChI=1S/C20H22FN5S/c21-16-7-9-18(10-8-16)26-19(14-25-12-4-1-5-13-25)23-24-20(26)27-15-17-6-2-3-11-22-17/h2-3,6-11H,1,4-5,12-15H2. The molecule has 0 aliphatic carbocycles. The highest BCUT2D eigenvalue weighted by Gasteiger charge is 2.19. The number of benzene rings is 1. The Bertz CT molecular complexity index is 860. The molecule has 0 radical (unpaired) electrons. The summed E-state index contributed by atoms with van der Waals surface area (Å²) < 4.78 is 15.5. The summed E-state index contributed by atoms with van der Waals surface area (Å²) in [5.74, 6) is 1.36. The minimum Gasteiger partial charge on any atom is -0.296 e. The van der Waals surface area contributed by atoms with E-state index in [1.165, 1.54) is 31.4 Å². The first kappa shape index (κ1) is 18.1. The summed E-state index contributed by atoms with van der Waals surface area (Å²) in [6, 6.07) is 12.4. The molecule has 3 heterocycles. The lowest BCUT2D eigenvalue weighted by Crippen LogP contribution is -2.30. The zero-order chi connectivity index (χ0) is 18.5. The Morgan fingerprint density at radius 3 is 2.52 bits per heavy atom. The van der Waals surface area contributed by atoms with E-state index in [0.717, 1.165) is 42.0 Å². The molecule has 5 nitrogen and oxygen atoms in total. The molecule has 0 atom stereocenters. The van der Waals surface area contributed by atoms with Crippen LogP contribution < -0.4 is 0 Å². The van der Waals surface area contributed by atoms with Gasteiger partial charge in [0.15, 0.2) is 11.0 Å². The second-order valence-electron chi connectivity index (χ2n) is 6.66. The summed E-state index contributed by atoms with van der Waals surface area (Å²) in [6.07, 6.45) is 5.55. The molecule has 27 heavy (non-hydrogen) atoms. The normalized spacial score (nSPS) is 15.1. The molecule has 2 aromatic heterocycles. The Labute approximate surface area is 162 Å². The van der Waals surface area contributed by atoms with Crippen molar-refractivity contribution < 1.29 is 4.39 Å². The lowest BCUT2D eigenvalue weighted by molar-refractivity contribution is 0.214. The average Bonchev–Trinajstić information content (AvgIpc) is 3.11. The fraction of sp³-hybridized carbons (Fsp3) is 0.350. The molecule has 0 N–H and O–H groups in total.